The fourth-order valence-corrected chi connectivity index (χ4v) is 2.89. The second kappa shape index (κ2) is 5.26. The molecule has 0 saturated carbocycles. The van der Waals surface area contributed by atoms with Crippen LogP contribution in [0.3, 0.4) is 0 Å². The van der Waals surface area contributed by atoms with E-state index in [1.807, 2.05) is 0 Å². The minimum absolute atomic E-state index is 0.207. The van der Waals surface area contributed by atoms with Gasteiger partial charge in [-0.25, -0.2) is 0 Å². The van der Waals surface area contributed by atoms with Gasteiger partial charge in [0.1, 0.15) is 0 Å². The predicted octanol–water partition coefficient (Wildman–Crippen LogP) is 3.35. The van der Waals surface area contributed by atoms with Crippen LogP contribution in [0.25, 0.3) is 0 Å². The summed E-state index contributed by atoms with van der Waals surface area (Å²) < 4.78 is 0. The summed E-state index contributed by atoms with van der Waals surface area (Å²) >= 11 is 0. The lowest BCUT2D eigenvalue weighted by molar-refractivity contribution is 0.0175. The standard InChI is InChI=1S/C17H28N2/c1-6-17(5)12-18-16(3,4)13-19(17)11-15-9-7-8-14(2)10-15/h7-10,18H,6,11-13H2,1-5H3. The van der Waals surface area contributed by atoms with Crippen molar-refractivity contribution >= 4 is 0 Å². The van der Waals surface area contributed by atoms with Gasteiger partial charge >= 0.3 is 0 Å². The monoisotopic (exact) mass is 260 g/mol. The highest BCUT2D eigenvalue weighted by Crippen LogP contribution is 2.28. The second-order valence-corrected chi connectivity index (χ2v) is 6.93. The number of rotatable bonds is 3. The molecule has 1 heterocycles. The average Bonchev–Trinajstić information content (AvgIpc) is 2.34. The van der Waals surface area contributed by atoms with Gasteiger partial charge in [-0.05, 0) is 39.7 Å². The van der Waals surface area contributed by atoms with E-state index in [0.717, 1.165) is 19.6 Å². The number of hydrogen-bond donors (Lipinski definition) is 1. The molecule has 0 spiro atoms. The van der Waals surface area contributed by atoms with Crippen molar-refractivity contribution < 1.29 is 0 Å². The molecular weight excluding hydrogens is 232 g/mol. The summed E-state index contributed by atoms with van der Waals surface area (Å²) in [6.07, 6.45) is 1.18. The Morgan fingerprint density at radius 1 is 1.26 bits per heavy atom. The molecule has 0 amide bonds. The number of benzene rings is 1. The normalized spacial score (nSPS) is 27.4. The molecule has 0 aliphatic carbocycles. The van der Waals surface area contributed by atoms with Crippen LogP contribution in [0, 0.1) is 6.92 Å². The quantitative estimate of drug-likeness (QED) is 0.896. The fourth-order valence-electron chi connectivity index (χ4n) is 2.89. The van der Waals surface area contributed by atoms with Crippen LogP contribution < -0.4 is 5.32 Å². The molecule has 1 unspecified atom stereocenters. The highest BCUT2D eigenvalue weighted by Gasteiger charge is 2.39. The predicted molar refractivity (Wildman–Crippen MR) is 82.4 cm³/mol. The lowest BCUT2D eigenvalue weighted by Crippen LogP contribution is -2.66. The summed E-state index contributed by atoms with van der Waals surface area (Å²) in [5.74, 6) is 0. The number of nitrogens with one attached hydrogen (secondary N) is 1. The van der Waals surface area contributed by atoms with Crippen LogP contribution in [0.4, 0.5) is 0 Å². The van der Waals surface area contributed by atoms with Gasteiger partial charge in [0.15, 0.2) is 0 Å². The summed E-state index contributed by atoms with van der Waals surface area (Å²) in [5.41, 5.74) is 3.25. The molecule has 1 aromatic carbocycles. The largest absolute Gasteiger partial charge is 0.309 e. The van der Waals surface area contributed by atoms with Crippen molar-refractivity contribution in [3.63, 3.8) is 0 Å². The van der Waals surface area contributed by atoms with Crippen LogP contribution in [0.15, 0.2) is 24.3 Å². The number of nitrogens with zero attached hydrogens (tertiary/aromatic N) is 1. The van der Waals surface area contributed by atoms with Crippen LogP contribution in [0.2, 0.25) is 0 Å². The van der Waals surface area contributed by atoms with E-state index in [-0.39, 0.29) is 11.1 Å². The molecular formula is C17H28N2. The molecule has 106 valence electrons. The molecule has 2 nitrogen and oxygen atoms in total. The Kier molecular flexibility index (Phi) is 4.03. The van der Waals surface area contributed by atoms with E-state index in [0.29, 0.717) is 0 Å². The maximum atomic E-state index is 3.69. The van der Waals surface area contributed by atoms with E-state index in [4.69, 9.17) is 0 Å². The van der Waals surface area contributed by atoms with Crippen LogP contribution >= 0.6 is 0 Å². The van der Waals surface area contributed by atoms with Crippen LogP contribution in [-0.4, -0.2) is 29.1 Å². The van der Waals surface area contributed by atoms with E-state index in [1.54, 1.807) is 0 Å². The Labute approximate surface area is 118 Å². The van der Waals surface area contributed by atoms with Crippen molar-refractivity contribution in [3.8, 4) is 0 Å². The summed E-state index contributed by atoms with van der Waals surface area (Å²) in [5, 5.41) is 3.69. The van der Waals surface area contributed by atoms with Crippen LogP contribution in [0.1, 0.15) is 45.2 Å². The maximum absolute atomic E-state index is 3.69. The van der Waals surface area contributed by atoms with Crippen LogP contribution in [-0.2, 0) is 6.54 Å². The Morgan fingerprint density at radius 2 is 2.00 bits per heavy atom. The number of aryl methyl sites for hydroxylation is 1. The van der Waals surface area contributed by atoms with Gasteiger partial charge in [0.2, 0.25) is 0 Å². The van der Waals surface area contributed by atoms with E-state index < -0.39 is 0 Å². The first kappa shape index (κ1) is 14.5. The fraction of sp³-hybridized carbons (Fsp3) is 0.647. The highest BCUT2D eigenvalue weighted by molar-refractivity contribution is 5.22. The Morgan fingerprint density at radius 3 is 2.63 bits per heavy atom. The zero-order chi connectivity index (χ0) is 14.1. The molecule has 1 saturated heterocycles. The first-order valence-corrected chi connectivity index (χ1v) is 7.40. The minimum atomic E-state index is 0.207. The summed E-state index contributed by atoms with van der Waals surface area (Å²) in [7, 11) is 0. The van der Waals surface area contributed by atoms with Gasteiger partial charge < -0.3 is 5.32 Å². The molecule has 0 bridgehead atoms. The SMILES string of the molecule is CCC1(C)CNC(C)(C)CN1Cc1cccc(C)c1. The van der Waals surface area contributed by atoms with Gasteiger partial charge in [-0.1, -0.05) is 36.8 Å². The molecule has 1 aliphatic rings. The van der Waals surface area contributed by atoms with Crippen molar-refractivity contribution in [2.75, 3.05) is 13.1 Å². The Hall–Kier alpha value is -0.860. The molecule has 1 aromatic rings. The smallest absolute Gasteiger partial charge is 0.0307 e. The van der Waals surface area contributed by atoms with E-state index >= 15 is 0 Å². The van der Waals surface area contributed by atoms with Gasteiger partial charge in [-0.2, -0.15) is 0 Å². The Balaban J connectivity index is 2.19. The third-order valence-electron chi connectivity index (χ3n) is 4.51. The summed E-state index contributed by atoms with van der Waals surface area (Å²) in [6.45, 7) is 14.7. The van der Waals surface area contributed by atoms with Crippen molar-refractivity contribution in [2.24, 2.45) is 0 Å². The molecule has 2 rings (SSSR count). The maximum Gasteiger partial charge on any atom is 0.0307 e. The topological polar surface area (TPSA) is 15.3 Å². The number of hydrogen-bond acceptors (Lipinski definition) is 2. The van der Waals surface area contributed by atoms with Crippen molar-refractivity contribution in [1.29, 1.82) is 0 Å². The molecule has 1 atom stereocenters. The molecule has 1 N–H and O–H groups in total. The molecule has 1 fully saturated rings. The lowest BCUT2D eigenvalue weighted by Gasteiger charge is -2.51. The van der Waals surface area contributed by atoms with Crippen molar-refractivity contribution in [2.45, 2.75) is 58.7 Å². The highest BCUT2D eigenvalue weighted by atomic mass is 15.3. The van der Waals surface area contributed by atoms with E-state index in [9.17, 15) is 0 Å². The molecule has 1 aliphatic heterocycles. The summed E-state index contributed by atoms with van der Waals surface area (Å²) in [4.78, 5) is 2.65. The van der Waals surface area contributed by atoms with Gasteiger partial charge in [0.05, 0.1) is 0 Å². The zero-order valence-electron chi connectivity index (χ0n) is 13.1. The molecule has 2 heteroatoms. The molecule has 19 heavy (non-hydrogen) atoms. The minimum Gasteiger partial charge on any atom is -0.309 e. The second-order valence-electron chi connectivity index (χ2n) is 6.93. The molecule has 0 aromatic heterocycles. The van der Waals surface area contributed by atoms with Gasteiger partial charge in [0, 0.05) is 30.7 Å². The first-order valence-electron chi connectivity index (χ1n) is 7.40. The Bertz CT molecular complexity index is 439. The van der Waals surface area contributed by atoms with Gasteiger partial charge in [-0.3, -0.25) is 4.90 Å². The van der Waals surface area contributed by atoms with E-state index in [2.05, 4.69) is 69.1 Å². The zero-order valence-corrected chi connectivity index (χ0v) is 13.1. The van der Waals surface area contributed by atoms with Crippen LogP contribution in [0.5, 0.6) is 0 Å². The number of piperazine rings is 1. The third kappa shape index (κ3) is 3.37. The van der Waals surface area contributed by atoms with Gasteiger partial charge in [0.25, 0.3) is 0 Å². The van der Waals surface area contributed by atoms with Gasteiger partial charge in [-0.15, -0.1) is 0 Å². The third-order valence-corrected chi connectivity index (χ3v) is 4.51. The average molecular weight is 260 g/mol. The van der Waals surface area contributed by atoms with Crippen molar-refractivity contribution in [3.05, 3.63) is 35.4 Å². The molecule has 0 radical (unpaired) electrons. The van der Waals surface area contributed by atoms with E-state index in [1.165, 1.54) is 17.5 Å². The summed E-state index contributed by atoms with van der Waals surface area (Å²) in [6, 6.07) is 8.90. The van der Waals surface area contributed by atoms with Crippen molar-refractivity contribution in [1.82, 2.24) is 10.2 Å². The lowest BCUT2D eigenvalue weighted by atomic mass is 9.87. The first-order chi connectivity index (χ1) is 8.85.